The molecule has 2 aromatic carbocycles. The minimum absolute atomic E-state index is 0.0977. The second-order valence-corrected chi connectivity index (χ2v) is 4.92. The number of hydrogen-bond donors (Lipinski definition) is 1. The molecule has 98 valence electrons. The highest BCUT2D eigenvalue weighted by atomic mass is 79.9. The number of halogens is 1. The molecule has 0 spiro atoms. The smallest absolute Gasteiger partial charge is 0.187 e. The van der Waals surface area contributed by atoms with Crippen molar-refractivity contribution in [1.82, 2.24) is 0 Å². The number of nitrogens with zero attached hydrogens (tertiary/aromatic N) is 1. The molecule has 0 aliphatic rings. The van der Waals surface area contributed by atoms with Gasteiger partial charge in [-0.3, -0.25) is 4.79 Å². The number of allylic oxidation sites excluding steroid dienone is 1. The Morgan fingerprint density at radius 1 is 1.15 bits per heavy atom. The fraction of sp³-hybridized carbons (Fsp3) is 0. The molecular weight excluding hydrogens is 316 g/mol. The average molecular weight is 327 g/mol. The lowest BCUT2D eigenvalue weighted by atomic mass is 10.1. The summed E-state index contributed by atoms with van der Waals surface area (Å²) in [7, 11) is 0. The van der Waals surface area contributed by atoms with Gasteiger partial charge in [0.15, 0.2) is 5.78 Å². The molecule has 3 nitrogen and oxygen atoms in total. The molecule has 0 heterocycles. The summed E-state index contributed by atoms with van der Waals surface area (Å²) in [4.78, 5) is 11.9. The lowest BCUT2D eigenvalue weighted by Gasteiger charge is -2.02. The molecule has 0 aliphatic carbocycles. The number of anilines is 1. The van der Waals surface area contributed by atoms with Gasteiger partial charge in [0.1, 0.15) is 6.07 Å². The molecule has 0 aliphatic heterocycles. The topological polar surface area (TPSA) is 52.9 Å². The van der Waals surface area contributed by atoms with Crippen LogP contribution in [0.2, 0.25) is 0 Å². The van der Waals surface area contributed by atoms with Gasteiger partial charge in [-0.05, 0) is 36.4 Å². The van der Waals surface area contributed by atoms with Crippen LogP contribution in [0.25, 0.3) is 0 Å². The fourth-order valence-corrected chi connectivity index (χ4v) is 1.89. The predicted molar refractivity (Wildman–Crippen MR) is 82.4 cm³/mol. The molecule has 0 aromatic heterocycles. The monoisotopic (exact) mass is 326 g/mol. The van der Waals surface area contributed by atoms with E-state index in [4.69, 9.17) is 5.26 Å². The van der Waals surface area contributed by atoms with Crippen LogP contribution in [-0.4, -0.2) is 5.78 Å². The lowest BCUT2D eigenvalue weighted by Crippen LogP contribution is -1.97. The first kappa shape index (κ1) is 14.0. The minimum Gasteiger partial charge on any atom is -0.360 e. The first-order valence-corrected chi connectivity index (χ1v) is 6.72. The van der Waals surface area contributed by atoms with Gasteiger partial charge in [0, 0.05) is 22.3 Å². The van der Waals surface area contributed by atoms with E-state index < -0.39 is 0 Å². The van der Waals surface area contributed by atoms with Gasteiger partial charge >= 0.3 is 0 Å². The number of carbonyl (C=O) groups excluding carboxylic acids is 1. The zero-order valence-electron chi connectivity index (χ0n) is 10.5. The SMILES string of the molecule is N#Cc1ccccc1N/C=C/C(=O)c1ccc(Br)cc1. The van der Waals surface area contributed by atoms with E-state index in [1.165, 1.54) is 6.08 Å². The number of ketones is 1. The Kier molecular flexibility index (Phi) is 4.70. The highest BCUT2D eigenvalue weighted by Gasteiger charge is 2.01. The summed E-state index contributed by atoms with van der Waals surface area (Å²) in [6.07, 6.45) is 2.98. The number of para-hydroxylation sites is 1. The summed E-state index contributed by atoms with van der Waals surface area (Å²) in [6, 6.07) is 16.3. The molecule has 2 rings (SSSR count). The Morgan fingerprint density at radius 2 is 1.85 bits per heavy atom. The summed E-state index contributed by atoms with van der Waals surface area (Å²) < 4.78 is 0.930. The standard InChI is InChI=1S/C16H11BrN2O/c17-14-7-5-12(6-8-14)16(20)9-10-19-15-4-2-1-3-13(15)11-18/h1-10,19H/b10-9+. The largest absolute Gasteiger partial charge is 0.360 e. The molecule has 0 atom stereocenters. The summed E-state index contributed by atoms with van der Waals surface area (Å²) in [5, 5.41) is 11.9. The predicted octanol–water partition coefficient (Wildman–Crippen LogP) is 4.13. The van der Waals surface area contributed by atoms with Crippen LogP contribution < -0.4 is 5.32 Å². The van der Waals surface area contributed by atoms with Crippen LogP contribution in [-0.2, 0) is 0 Å². The third-order valence-electron chi connectivity index (χ3n) is 2.65. The molecule has 0 saturated carbocycles. The van der Waals surface area contributed by atoms with Crippen LogP contribution in [0.4, 0.5) is 5.69 Å². The Bertz CT molecular complexity index is 684. The first-order chi connectivity index (χ1) is 9.70. The molecular formula is C16H11BrN2O. The zero-order chi connectivity index (χ0) is 14.4. The van der Waals surface area contributed by atoms with Gasteiger partial charge in [0.05, 0.1) is 11.3 Å². The van der Waals surface area contributed by atoms with Crippen LogP contribution in [0.5, 0.6) is 0 Å². The molecule has 0 saturated heterocycles. The zero-order valence-corrected chi connectivity index (χ0v) is 12.1. The van der Waals surface area contributed by atoms with E-state index in [1.54, 1.807) is 36.5 Å². The van der Waals surface area contributed by atoms with Crippen LogP contribution in [0, 0.1) is 11.3 Å². The van der Waals surface area contributed by atoms with E-state index in [-0.39, 0.29) is 5.78 Å². The van der Waals surface area contributed by atoms with Gasteiger partial charge in [-0.2, -0.15) is 5.26 Å². The number of nitriles is 1. The molecule has 0 amide bonds. The molecule has 0 unspecified atom stereocenters. The van der Waals surface area contributed by atoms with E-state index >= 15 is 0 Å². The lowest BCUT2D eigenvalue weighted by molar-refractivity contribution is 0.104. The van der Waals surface area contributed by atoms with Crippen molar-refractivity contribution in [3.8, 4) is 6.07 Å². The normalized spacial score (nSPS) is 10.2. The van der Waals surface area contributed by atoms with Crippen molar-refractivity contribution in [2.45, 2.75) is 0 Å². The Hall–Kier alpha value is -2.38. The quantitative estimate of drug-likeness (QED) is 0.678. The van der Waals surface area contributed by atoms with Crippen molar-refractivity contribution in [1.29, 1.82) is 5.26 Å². The second-order valence-electron chi connectivity index (χ2n) is 4.01. The molecule has 0 fully saturated rings. The van der Waals surface area contributed by atoms with E-state index in [1.807, 2.05) is 18.2 Å². The number of rotatable bonds is 4. The van der Waals surface area contributed by atoms with Crippen LogP contribution in [0.3, 0.4) is 0 Å². The van der Waals surface area contributed by atoms with E-state index in [2.05, 4.69) is 27.3 Å². The van der Waals surface area contributed by atoms with Crippen molar-refractivity contribution < 1.29 is 4.79 Å². The molecule has 4 heteroatoms. The third kappa shape index (κ3) is 3.56. The van der Waals surface area contributed by atoms with Gasteiger partial charge in [0.2, 0.25) is 0 Å². The van der Waals surface area contributed by atoms with Gasteiger partial charge in [-0.15, -0.1) is 0 Å². The molecule has 0 radical (unpaired) electrons. The van der Waals surface area contributed by atoms with E-state index in [0.717, 1.165) is 4.47 Å². The third-order valence-corrected chi connectivity index (χ3v) is 3.18. The van der Waals surface area contributed by atoms with Crippen molar-refractivity contribution in [3.05, 3.63) is 76.4 Å². The van der Waals surface area contributed by atoms with Gasteiger partial charge in [-0.1, -0.05) is 28.1 Å². The van der Waals surface area contributed by atoms with Crippen LogP contribution >= 0.6 is 15.9 Å². The molecule has 1 N–H and O–H groups in total. The van der Waals surface area contributed by atoms with Crippen LogP contribution in [0.15, 0.2) is 65.3 Å². The molecule has 20 heavy (non-hydrogen) atoms. The maximum absolute atomic E-state index is 11.9. The summed E-state index contributed by atoms with van der Waals surface area (Å²) >= 11 is 3.32. The van der Waals surface area contributed by atoms with Crippen molar-refractivity contribution >= 4 is 27.4 Å². The van der Waals surface area contributed by atoms with Gasteiger partial charge in [-0.25, -0.2) is 0 Å². The summed E-state index contributed by atoms with van der Waals surface area (Å²) in [6.45, 7) is 0. The van der Waals surface area contributed by atoms with Gasteiger partial charge in [0.25, 0.3) is 0 Å². The molecule has 0 bridgehead atoms. The number of hydrogen-bond acceptors (Lipinski definition) is 3. The summed E-state index contributed by atoms with van der Waals surface area (Å²) in [5.74, 6) is -0.0977. The Balaban J connectivity index is 2.05. The maximum Gasteiger partial charge on any atom is 0.187 e. The number of carbonyl (C=O) groups is 1. The molecule has 2 aromatic rings. The van der Waals surface area contributed by atoms with Crippen molar-refractivity contribution in [3.63, 3.8) is 0 Å². The fourth-order valence-electron chi connectivity index (χ4n) is 1.62. The second kappa shape index (κ2) is 6.69. The van der Waals surface area contributed by atoms with E-state index in [9.17, 15) is 4.79 Å². The number of nitrogens with one attached hydrogen (secondary N) is 1. The highest BCUT2D eigenvalue weighted by Crippen LogP contribution is 2.14. The maximum atomic E-state index is 11.9. The Morgan fingerprint density at radius 3 is 2.55 bits per heavy atom. The Labute approximate surface area is 125 Å². The van der Waals surface area contributed by atoms with Crippen LogP contribution in [0.1, 0.15) is 15.9 Å². The van der Waals surface area contributed by atoms with E-state index in [0.29, 0.717) is 16.8 Å². The average Bonchev–Trinajstić information content (AvgIpc) is 2.48. The van der Waals surface area contributed by atoms with Crippen molar-refractivity contribution in [2.75, 3.05) is 5.32 Å². The van der Waals surface area contributed by atoms with Crippen molar-refractivity contribution in [2.24, 2.45) is 0 Å². The first-order valence-electron chi connectivity index (χ1n) is 5.93. The number of benzene rings is 2. The summed E-state index contributed by atoms with van der Waals surface area (Å²) in [5.41, 5.74) is 1.82. The highest BCUT2D eigenvalue weighted by molar-refractivity contribution is 9.10. The minimum atomic E-state index is -0.0977. The van der Waals surface area contributed by atoms with Gasteiger partial charge < -0.3 is 5.32 Å².